The Morgan fingerprint density at radius 3 is 1.25 bits per heavy atom. The Morgan fingerprint density at radius 1 is 0.560 bits per heavy atom. The van der Waals surface area contributed by atoms with Gasteiger partial charge in [0.05, 0.1) is 35.0 Å². The van der Waals surface area contributed by atoms with Crippen molar-refractivity contribution >= 4 is 59.9 Å². The number of methoxy groups -OCH3 is 2. The van der Waals surface area contributed by atoms with Crippen molar-refractivity contribution in [3.8, 4) is 11.5 Å². The van der Waals surface area contributed by atoms with Crippen molar-refractivity contribution in [2.75, 3.05) is 66.6 Å². The van der Waals surface area contributed by atoms with Crippen LogP contribution in [-0.4, -0.2) is 152 Å². The average molecular weight is 1100 g/mol. The summed E-state index contributed by atoms with van der Waals surface area (Å²) in [5.41, 5.74) is 2.70. The molecule has 0 radical (unpaired) electrons. The third-order valence-electron chi connectivity index (χ3n) is 11.3. The largest absolute Gasteiger partial charge is 0.496 e. The van der Waals surface area contributed by atoms with Crippen LogP contribution in [0.25, 0.3) is 21.8 Å². The van der Waals surface area contributed by atoms with Crippen LogP contribution in [0.4, 0.5) is 31.1 Å². The lowest BCUT2D eigenvalue weighted by Crippen LogP contribution is -2.49. The molecular formula is C49H56F6N6O12S2. The maximum atomic E-state index is 13.2. The number of hydrogen-bond donors (Lipinski definition) is 3. The fraction of sp³-hybridized carbons (Fsp3) is 0.367. The molecule has 0 atom stereocenters. The summed E-state index contributed by atoms with van der Waals surface area (Å²) in [4.78, 5) is 37.0. The van der Waals surface area contributed by atoms with Gasteiger partial charge in [-0.1, -0.05) is 36.4 Å². The van der Waals surface area contributed by atoms with Gasteiger partial charge in [0.1, 0.15) is 17.1 Å². The number of carboxylic acid groups (broad SMARTS) is 2. The highest BCUT2D eigenvalue weighted by molar-refractivity contribution is 7.90. The third kappa shape index (κ3) is 15.4. The first-order chi connectivity index (χ1) is 35.1. The molecule has 26 heteroatoms. The summed E-state index contributed by atoms with van der Waals surface area (Å²) in [6.07, 6.45) is -7.24. The van der Waals surface area contributed by atoms with E-state index in [2.05, 4.69) is 15.1 Å². The molecule has 0 spiro atoms. The number of hydrogen-bond acceptors (Lipinski definition) is 13. The number of carboxylic acids is 2. The van der Waals surface area contributed by atoms with Crippen LogP contribution < -0.4 is 14.8 Å². The molecule has 3 N–H and O–H groups in total. The lowest BCUT2D eigenvalue weighted by Gasteiger charge is -2.35. The summed E-state index contributed by atoms with van der Waals surface area (Å²) in [6, 6.07) is 27.9. The van der Waals surface area contributed by atoms with E-state index in [1.54, 1.807) is 92.2 Å². The molecule has 4 heterocycles. The normalized spacial score (nSPS) is 14.8. The van der Waals surface area contributed by atoms with Gasteiger partial charge in [-0.25, -0.2) is 39.2 Å². The van der Waals surface area contributed by atoms with E-state index < -0.39 is 49.9 Å². The number of aromatic nitrogens is 2. The standard InChI is InChI=1S/C25H31N3O5S.C20H23N3O3S.2C2HF3O2/c1-25(2,3)33-24(29)27-16-14-26(15-17-27)18-21-20-12-13-28(22(20)10-11-23(21)32-4)34(30,31)19-8-6-5-7-9-19;1-26-20-8-7-19-17(18(20)15-22-13-10-21-11-14-22)9-12-23(19)27(24,25)16-5-3-2-4-6-16;2*3-2(4,5)1(6)7/h5-13H,14-18H2,1-4H3;2-9,12,21H,10-11,13-15H2,1H3;2*(H,6,7). The number of carbonyl (C=O) groups is 3. The second kappa shape index (κ2) is 24.7. The Balaban J connectivity index is 0.000000224. The van der Waals surface area contributed by atoms with Gasteiger partial charge in [0.25, 0.3) is 20.0 Å². The van der Waals surface area contributed by atoms with Crippen molar-refractivity contribution in [3.05, 3.63) is 121 Å². The zero-order chi connectivity index (χ0) is 55.5. The SMILES string of the molecule is COc1ccc2c(ccn2S(=O)(=O)c2ccccc2)c1CN1CCN(C(=O)OC(C)(C)C)CC1.COc1ccc2c(ccn2S(=O)(=O)c2ccccc2)c1CN1CCNCC1.O=C(O)C(F)(F)F.O=C(O)C(F)(F)F. The number of ether oxygens (including phenoxy) is 3. The number of aliphatic carboxylic acids is 2. The number of amides is 1. The Bertz CT molecular complexity index is 3110. The van der Waals surface area contributed by atoms with Crippen LogP contribution in [0.1, 0.15) is 31.9 Å². The minimum atomic E-state index is -5.08. The maximum Gasteiger partial charge on any atom is 0.490 e. The zero-order valence-corrected chi connectivity index (χ0v) is 42.9. The maximum absolute atomic E-state index is 13.2. The smallest absolute Gasteiger partial charge is 0.490 e. The summed E-state index contributed by atoms with van der Waals surface area (Å²) >= 11 is 0. The molecule has 75 heavy (non-hydrogen) atoms. The van der Waals surface area contributed by atoms with E-state index in [1.807, 2.05) is 57.2 Å². The van der Waals surface area contributed by atoms with Crippen LogP contribution in [-0.2, 0) is 47.5 Å². The predicted octanol–water partition coefficient (Wildman–Crippen LogP) is 7.50. The van der Waals surface area contributed by atoms with E-state index in [0.717, 1.165) is 60.4 Å². The summed E-state index contributed by atoms with van der Waals surface area (Å²) in [5, 5.41) is 19.3. The van der Waals surface area contributed by atoms with Gasteiger partial charge < -0.3 is 34.6 Å². The molecule has 0 saturated carbocycles. The van der Waals surface area contributed by atoms with Gasteiger partial charge in [0.2, 0.25) is 0 Å². The van der Waals surface area contributed by atoms with Crippen molar-refractivity contribution in [3.63, 3.8) is 0 Å². The van der Waals surface area contributed by atoms with Crippen molar-refractivity contribution in [2.45, 2.75) is 61.6 Å². The molecule has 18 nitrogen and oxygen atoms in total. The molecule has 0 aliphatic carbocycles. The highest BCUT2D eigenvalue weighted by Crippen LogP contribution is 2.34. The molecule has 1 amide bonds. The molecule has 0 unspecified atom stereocenters. The molecular weight excluding hydrogens is 1040 g/mol. The van der Waals surface area contributed by atoms with E-state index in [0.29, 0.717) is 49.5 Å². The number of halogens is 6. The van der Waals surface area contributed by atoms with Gasteiger partial charge in [0.15, 0.2) is 0 Å². The third-order valence-corrected chi connectivity index (χ3v) is 14.7. The van der Waals surface area contributed by atoms with E-state index in [4.69, 9.17) is 34.0 Å². The molecule has 2 fully saturated rings. The number of piperazine rings is 2. The van der Waals surface area contributed by atoms with Crippen LogP contribution in [0.2, 0.25) is 0 Å². The fourth-order valence-corrected chi connectivity index (χ4v) is 10.5. The Kier molecular flexibility index (Phi) is 19.4. The first-order valence-electron chi connectivity index (χ1n) is 22.8. The van der Waals surface area contributed by atoms with Gasteiger partial charge in [-0.3, -0.25) is 9.80 Å². The molecule has 2 saturated heterocycles. The molecule has 2 aliphatic rings. The number of rotatable bonds is 10. The lowest BCUT2D eigenvalue weighted by atomic mass is 10.1. The van der Waals surface area contributed by atoms with Crippen molar-refractivity contribution < 1.29 is 82.0 Å². The molecule has 408 valence electrons. The Morgan fingerprint density at radius 2 is 0.920 bits per heavy atom. The second-order valence-corrected chi connectivity index (χ2v) is 21.2. The minimum Gasteiger partial charge on any atom is -0.496 e. The van der Waals surface area contributed by atoms with E-state index in [1.165, 1.54) is 7.94 Å². The fourth-order valence-electron chi connectivity index (χ4n) is 7.74. The summed E-state index contributed by atoms with van der Waals surface area (Å²) < 4.78 is 135. The van der Waals surface area contributed by atoms with E-state index in [9.17, 15) is 48.0 Å². The number of nitrogens with one attached hydrogen (secondary N) is 1. The summed E-state index contributed by atoms with van der Waals surface area (Å²) in [6.45, 7) is 13.2. The van der Waals surface area contributed by atoms with Crippen LogP contribution in [0.5, 0.6) is 11.5 Å². The first-order valence-corrected chi connectivity index (χ1v) is 25.7. The Hall–Kier alpha value is -6.87. The summed E-state index contributed by atoms with van der Waals surface area (Å²) in [5.74, 6) is -4.02. The molecule has 2 aromatic heterocycles. The van der Waals surface area contributed by atoms with Crippen molar-refractivity contribution in [2.24, 2.45) is 0 Å². The number of nitrogens with zero attached hydrogens (tertiary/aromatic N) is 5. The highest BCUT2D eigenvalue weighted by Gasteiger charge is 2.39. The second-order valence-electron chi connectivity index (χ2n) is 17.6. The van der Waals surface area contributed by atoms with Gasteiger partial charge in [-0.05, 0) is 81.4 Å². The van der Waals surface area contributed by atoms with Gasteiger partial charge in [-0.2, -0.15) is 26.3 Å². The molecule has 0 bridgehead atoms. The van der Waals surface area contributed by atoms with E-state index >= 15 is 0 Å². The van der Waals surface area contributed by atoms with Gasteiger partial charge >= 0.3 is 30.4 Å². The van der Waals surface area contributed by atoms with Gasteiger partial charge in [-0.15, -0.1) is 0 Å². The number of benzene rings is 4. The quantitative estimate of drug-likeness (QED) is 0.113. The molecule has 2 aliphatic heterocycles. The van der Waals surface area contributed by atoms with E-state index in [-0.39, 0.29) is 15.9 Å². The van der Waals surface area contributed by atoms with Crippen LogP contribution in [0.3, 0.4) is 0 Å². The van der Waals surface area contributed by atoms with Crippen molar-refractivity contribution in [1.29, 1.82) is 0 Å². The molecule has 4 aromatic carbocycles. The van der Waals surface area contributed by atoms with Crippen LogP contribution >= 0.6 is 0 Å². The number of alkyl halides is 6. The van der Waals surface area contributed by atoms with Gasteiger partial charge in [0, 0.05) is 99.7 Å². The number of carbonyl (C=O) groups excluding carboxylic acids is 1. The summed E-state index contributed by atoms with van der Waals surface area (Å²) in [7, 11) is -4.09. The van der Waals surface area contributed by atoms with Crippen LogP contribution in [0, 0.1) is 0 Å². The minimum absolute atomic E-state index is 0.239. The zero-order valence-electron chi connectivity index (χ0n) is 41.3. The average Bonchev–Trinajstić information content (AvgIpc) is 4.02. The van der Waals surface area contributed by atoms with Crippen molar-refractivity contribution in [1.82, 2.24) is 28.0 Å². The first kappa shape index (κ1) is 59.0. The molecule has 6 aromatic rings. The number of fused-ring (bicyclic) bond motifs is 2. The Labute approximate surface area is 428 Å². The lowest BCUT2D eigenvalue weighted by molar-refractivity contribution is -0.193. The monoisotopic (exact) mass is 1100 g/mol. The highest BCUT2D eigenvalue weighted by atomic mass is 32.2. The molecule has 8 rings (SSSR count). The van der Waals surface area contributed by atoms with Crippen LogP contribution in [0.15, 0.2) is 119 Å². The predicted molar refractivity (Wildman–Crippen MR) is 264 cm³/mol. The topological polar surface area (TPSA) is 219 Å².